The van der Waals surface area contributed by atoms with E-state index in [-0.39, 0.29) is 30.1 Å². The van der Waals surface area contributed by atoms with Gasteiger partial charge in [0, 0.05) is 13.6 Å². The predicted molar refractivity (Wildman–Crippen MR) is 118 cm³/mol. The lowest BCUT2D eigenvalue weighted by molar-refractivity contribution is 0.224. The molecule has 2 rings (SSSR count). The Morgan fingerprint density at radius 1 is 1.00 bits per heavy atom. The molecule has 0 amide bonds. The van der Waals surface area contributed by atoms with E-state index in [1.54, 1.807) is 14.2 Å². The van der Waals surface area contributed by atoms with E-state index in [2.05, 4.69) is 27.8 Å². The molecule has 0 saturated carbocycles. The molecule has 0 bridgehead atoms. The van der Waals surface area contributed by atoms with E-state index in [1.165, 1.54) is 5.56 Å². The summed E-state index contributed by atoms with van der Waals surface area (Å²) in [6, 6.07) is 17.9. The van der Waals surface area contributed by atoms with E-state index < -0.39 is 0 Å². The van der Waals surface area contributed by atoms with E-state index in [4.69, 9.17) is 9.47 Å². The molecule has 0 aliphatic heterocycles. The summed E-state index contributed by atoms with van der Waals surface area (Å²) in [5.41, 5.74) is 1.25. The molecule has 26 heavy (non-hydrogen) atoms. The van der Waals surface area contributed by atoms with Gasteiger partial charge in [-0.3, -0.25) is 4.99 Å². The van der Waals surface area contributed by atoms with Crippen molar-refractivity contribution in [3.63, 3.8) is 0 Å². The molecule has 1 unspecified atom stereocenters. The molecule has 5 nitrogen and oxygen atoms in total. The Morgan fingerprint density at radius 2 is 1.69 bits per heavy atom. The highest BCUT2D eigenvalue weighted by Gasteiger charge is 2.05. The van der Waals surface area contributed by atoms with Crippen molar-refractivity contribution in [1.29, 1.82) is 0 Å². The Balaban J connectivity index is 0.00000338. The number of hydrogen-bond donors (Lipinski definition) is 2. The Hall–Kier alpha value is -1.96. The first kappa shape index (κ1) is 22.1. The molecule has 2 aromatic rings. The first-order chi connectivity index (χ1) is 12.2. The average molecular weight is 469 g/mol. The van der Waals surface area contributed by atoms with Crippen molar-refractivity contribution in [2.24, 2.45) is 4.99 Å². The second-order valence-electron chi connectivity index (χ2n) is 5.72. The van der Waals surface area contributed by atoms with Crippen LogP contribution in [0.25, 0.3) is 0 Å². The van der Waals surface area contributed by atoms with Crippen LogP contribution in [0.5, 0.6) is 11.5 Å². The molecule has 2 aromatic carbocycles. The number of methoxy groups -OCH3 is 1. The zero-order valence-corrected chi connectivity index (χ0v) is 17.9. The van der Waals surface area contributed by atoms with Gasteiger partial charge >= 0.3 is 0 Å². The summed E-state index contributed by atoms with van der Waals surface area (Å²) in [4.78, 5) is 4.24. The molecule has 1 atom stereocenters. The van der Waals surface area contributed by atoms with Crippen LogP contribution in [0.15, 0.2) is 59.6 Å². The third-order valence-electron chi connectivity index (χ3n) is 3.73. The summed E-state index contributed by atoms with van der Waals surface area (Å²) in [5, 5.41) is 6.61. The van der Waals surface area contributed by atoms with E-state index in [0.29, 0.717) is 6.54 Å². The Morgan fingerprint density at radius 3 is 2.31 bits per heavy atom. The standard InChI is InChI=1S/C20H27N3O2.HI/c1-16(25-19-7-5-4-6-8-19)15-23-20(21-2)22-14-13-17-9-11-18(24-3)12-10-17;/h4-12,16H,13-15H2,1-3H3,(H2,21,22,23);1H. The fourth-order valence-corrected chi connectivity index (χ4v) is 2.35. The monoisotopic (exact) mass is 469 g/mol. The highest BCUT2D eigenvalue weighted by Crippen LogP contribution is 2.11. The van der Waals surface area contributed by atoms with Gasteiger partial charge in [0.2, 0.25) is 0 Å². The second-order valence-corrected chi connectivity index (χ2v) is 5.72. The van der Waals surface area contributed by atoms with Gasteiger partial charge in [0.15, 0.2) is 5.96 Å². The van der Waals surface area contributed by atoms with Crippen molar-refractivity contribution in [2.75, 3.05) is 27.2 Å². The second kappa shape index (κ2) is 12.4. The van der Waals surface area contributed by atoms with Crippen molar-refractivity contribution < 1.29 is 9.47 Å². The van der Waals surface area contributed by atoms with Gasteiger partial charge in [-0.05, 0) is 43.2 Å². The van der Waals surface area contributed by atoms with Gasteiger partial charge in [-0.1, -0.05) is 30.3 Å². The van der Waals surface area contributed by atoms with Crippen molar-refractivity contribution in [2.45, 2.75) is 19.4 Å². The quantitative estimate of drug-likeness (QED) is 0.353. The molecule has 0 radical (unpaired) electrons. The molecule has 142 valence electrons. The van der Waals surface area contributed by atoms with Gasteiger partial charge < -0.3 is 20.1 Å². The largest absolute Gasteiger partial charge is 0.497 e. The molecule has 0 aliphatic carbocycles. The summed E-state index contributed by atoms with van der Waals surface area (Å²) in [6.07, 6.45) is 0.961. The van der Waals surface area contributed by atoms with Crippen molar-refractivity contribution >= 4 is 29.9 Å². The van der Waals surface area contributed by atoms with Crippen LogP contribution in [0.2, 0.25) is 0 Å². The van der Waals surface area contributed by atoms with Crippen molar-refractivity contribution in [1.82, 2.24) is 10.6 Å². The lowest BCUT2D eigenvalue weighted by atomic mass is 10.1. The summed E-state index contributed by atoms with van der Waals surface area (Å²) < 4.78 is 11.0. The third-order valence-corrected chi connectivity index (χ3v) is 3.73. The van der Waals surface area contributed by atoms with Gasteiger partial charge in [-0.25, -0.2) is 0 Å². The predicted octanol–water partition coefficient (Wildman–Crippen LogP) is 3.49. The van der Waals surface area contributed by atoms with Crippen LogP contribution < -0.4 is 20.1 Å². The Labute approximate surface area is 173 Å². The average Bonchev–Trinajstić information content (AvgIpc) is 2.66. The molecule has 0 aromatic heterocycles. The van der Waals surface area contributed by atoms with Crippen molar-refractivity contribution in [3.8, 4) is 11.5 Å². The molecule has 0 heterocycles. The lowest BCUT2D eigenvalue weighted by Crippen LogP contribution is -2.42. The van der Waals surface area contributed by atoms with Crippen LogP contribution in [0.3, 0.4) is 0 Å². The van der Waals surface area contributed by atoms with Crippen LogP contribution in [0.1, 0.15) is 12.5 Å². The zero-order valence-electron chi connectivity index (χ0n) is 15.6. The SMILES string of the molecule is CN=C(NCCc1ccc(OC)cc1)NCC(C)Oc1ccccc1.I. The number of halogens is 1. The first-order valence-corrected chi connectivity index (χ1v) is 8.50. The summed E-state index contributed by atoms with van der Waals surface area (Å²) in [6.45, 7) is 3.52. The highest BCUT2D eigenvalue weighted by atomic mass is 127. The maximum atomic E-state index is 5.85. The molecule has 6 heteroatoms. The number of benzene rings is 2. The number of nitrogens with zero attached hydrogens (tertiary/aromatic N) is 1. The first-order valence-electron chi connectivity index (χ1n) is 8.50. The number of guanidine groups is 1. The van der Waals surface area contributed by atoms with Crippen LogP contribution >= 0.6 is 24.0 Å². The number of para-hydroxylation sites is 1. The normalized spacial score (nSPS) is 11.9. The van der Waals surface area contributed by atoms with E-state index >= 15 is 0 Å². The van der Waals surface area contributed by atoms with Gasteiger partial charge in [0.1, 0.15) is 17.6 Å². The molecule has 2 N–H and O–H groups in total. The van der Waals surface area contributed by atoms with Crippen LogP contribution in [-0.2, 0) is 6.42 Å². The van der Waals surface area contributed by atoms with Gasteiger partial charge in [0.25, 0.3) is 0 Å². The number of nitrogens with one attached hydrogen (secondary N) is 2. The zero-order chi connectivity index (χ0) is 17.9. The fraction of sp³-hybridized carbons (Fsp3) is 0.350. The Bertz CT molecular complexity index is 648. The minimum absolute atomic E-state index is 0. The molecular weight excluding hydrogens is 441 g/mol. The lowest BCUT2D eigenvalue weighted by Gasteiger charge is -2.17. The maximum Gasteiger partial charge on any atom is 0.191 e. The van der Waals surface area contributed by atoms with Crippen LogP contribution in [-0.4, -0.2) is 39.3 Å². The number of rotatable bonds is 8. The fourth-order valence-electron chi connectivity index (χ4n) is 2.35. The van der Waals surface area contributed by atoms with Gasteiger partial charge in [0.05, 0.1) is 13.7 Å². The van der Waals surface area contributed by atoms with Crippen LogP contribution in [0, 0.1) is 0 Å². The van der Waals surface area contributed by atoms with Gasteiger partial charge in [-0.15, -0.1) is 24.0 Å². The molecule has 0 saturated heterocycles. The van der Waals surface area contributed by atoms with E-state index in [0.717, 1.165) is 30.4 Å². The third kappa shape index (κ3) is 7.95. The Kier molecular flexibility index (Phi) is 10.5. The maximum absolute atomic E-state index is 5.85. The molecular formula is C20H28IN3O2. The summed E-state index contributed by atoms with van der Waals surface area (Å²) in [5.74, 6) is 2.53. The topological polar surface area (TPSA) is 54.9 Å². The smallest absolute Gasteiger partial charge is 0.191 e. The highest BCUT2D eigenvalue weighted by molar-refractivity contribution is 14.0. The molecule has 0 fully saturated rings. The van der Waals surface area contributed by atoms with Crippen molar-refractivity contribution in [3.05, 3.63) is 60.2 Å². The summed E-state index contributed by atoms with van der Waals surface area (Å²) >= 11 is 0. The van der Waals surface area contributed by atoms with E-state index in [1.807, 2.05) is 49.4 Å². The number of ether oxygens (including phenoxy) is 2. The summed E-state index contributed by atoms with van der Waals surface area (Å²) in [7, 11) is 3.44. The van der Waals surface area contributed by atoms with Gasteiger partial charge in [-0.2, -0.15) is 0 Å². The van der Waals surface area contributed by atoms with Crippen LogP contribution in [0.4, 0.5) is 0 Å². The minimum Gasteiger partial charge on any atom is -0.497 e. The van der Waals surface area contributed by atoms with E-state index in [9.17, 15) is 0 Å². The number of aliphatic imine (C=N–C) groups is 1. The minimum atomic E-state index is 0. The number of hydrogen-bond acceptors (Lipinski definition) is 3. The molecule has 0 spiro atoms. The molecule has 0 aliphatic rings.